The van der Waals surface area contributed by atoms with Crippen molar-refractivity contribution in [3.8, 4) is 5.40 Å². The molecule has 5 nitrogen and oxygen atoms in total. The maximum atomic E-state index is 10.9. The zero-order valence-electron chi connectivity index (χ0n) is 7.56. The Morgan fingerprint density at radius 3 is 2.40 bits per heavy atom. The van der Waals surface area contributed by atoms with E-state index in [0.717, 1.165) is 16.7 Å². The van der Waals surface area contributed by atoms with E-state index < -0.39 is 11.8 Å². The van der Waals surface area contributed by atoms with E-state index in [-0.39, 0.29) is 0 Å². The highest BCUT2D eigenvalue weighted by molar-refractivity contribution is 8.03. The third-order valence-corrected chi connectivity index (χ3v) is 2.10. The number of amides is 2. The van der Waals surface area contributed by atoms with Gasteiger partial charge < -0.3 is 11.1 Å². The molecule has 15 heavy (non-hydrogen) atoms. The minimum absolute atomic E-state index is 0.459. The molecule has 0 aliphatic rings. The van der Waals surface area contributed by atoms with Gasteiger partial charge >= 0.3 is 11.8 Å². The maximum Gasteiger partial charge on any atom is 0.313 e. The molecule has 1 aromatic carbocycles. The second-order valence-corrected chi connectivity index (χ2v) is 3.39. The summed E-state index contributed by atoms with van der Waals surface area (Å²) in [5.41, 5.74) is 5.22. The largest absolute Gasteiger partial charge is 0.361 e. The normalized spacial score (nSPS) is 9.00. The quantitative estimate of drug-likeness (QED) is 0.436. The van der Waals surface area contributed by atoms with E-state index in [1.807, 2.05) is 5.40 Å². The van der Waals surface area contributed by atoms with E-state index in [4.69, 9.17) is 11.0 Å². The number of primary amides is 1. The molecule has 3 N–H and O–H groups in total. The summed E-state index contributed by atoms with van der Waals surface area (Å²) in [4.78, 5) is 22.1. The van der Waals surface area contributed by atoms with Crippen LogP contribution < -0.4 is 11.1 Å². The Kier molecular flexibility index (Phi) is 3.71. The maximum absolute atomic E-state index is 10.9. The number of thiocyanates is 1. The van der Waals surface area contributed by atoms with Gasteiger partial charge in [0, 0.05) is 10.6 Å². The van der Waals surface area contributed by atoms with E-state index in [2.05, 4.69) is 5.32 Å². The molecule has 0 fully saturated rings. The molecular weight excluding hydrogens is 214 g/mol. The highest BCUT2D eigenvalue weighted by Crippen LogP contribution is 2.18. The second-order valence-electron chi connectivity index (χ2n) is 2.54. The Hall–Kier alpha value is -2.00. The van der Waals surface area contributed by atoms with Crippen LogP contribution in [-0.4, -0.2) is 11.8 Å². The molecule has 0 saturated heterocycles. The molecule has 0 saturated carbocycles. The number of nitrogens with one attached hydrogen (secondary N) is 1. The van der Waals surface area contributed by atoms with Crippen molar-refractivity contribution in [3.05, 3.63) is 24.3 Å². The Bertz CT molecular complexity index is 422. The van der Waals surface area contributed by atoms with E-state index in [0.29, 0.717) is 5.69 Å². The van der Waals surface area contributed by atoms with Crippen LogP contribution in [0.25, 0.3) is 0 Å². The molecule has 0 aromatic heterocycles. The number of hydrogen-bond donors (Lipinski definition) is 2. The number of hydrogen-bond acceptors (Lipinski definition) is 4. The number of thioether (sulfide) groups is 1. The van der Waals surface area contributed by atoms with Gasteiger partial charge in [0.2, 0.25) is 0 Å². The molecule has 2 amide bonds. The Morgan fingerprint density at radius 2 is 1.93 bits per heavy atom. The summed E-state index contributed by atoms with van der Waals surface area (Å²) in [5.74, 6) is -1.90. The molecule has 0 bridgehead atoms. The molecule has 6 heteroatoms. The molecule has 1 aromatic rings. The minimum atomic E-state index is -1.04. The van der Waals surface area contributed by atoms with Crippen molar-refractivity contribution < 1.29 is 9.59 Å². The molecule has 0 heterocycles. The van der Waals surface area contributed by atoms with Gasteiger partial charge in [0.1, 0.15) is 5.40 Å². The third-order valence-electron chi connectivity index (χ3n) is 1.50. The minimum Gasteiger partial charge on any atom is -0.361 e. The van der Waals surface area contributed by atoms with E-state index in [1.165, 1.54) is 0 Å². The SMILES string of the molecule is N#CSc1ccc(NC(=O)C(N)=O)cc1. The van der Waals surface area contributed by atoms with Crippen molar-refractivity contribution in [1.82, 2.24) is 0 Å². The van der Waals surface area contributed by atoms with Crippen molar-refractivity contribution in [2.75, 3.05) is 5.32 Å². The van der Waals surface area contributed by atoms with E-state index >= 15 is 0 Å². The van der Waals surface area contributed by atoms with Crippen molar-refractivity contribution in [2.24, 2.45) is 5.73 Å². The number of anilines is 1. The molecule has 0 spiro atoms. The van der Waals surface area contributed by atoms with Gasteiger partial charge in [-0.05, 0) is 36.0 Å². The van der Waals surface area contributed by atoms with Crippen LogP contribution in [0, 0.1) is 10.7 Å². The van der Waals surface area contributed by atoms with E-state index in [9.17, 15) is 9.59 Å². The first-order valence-electron chi connectivity index (χ1n) is 3.90. The molecule has 76 valence electrons. The fraction of sp³-hybridized carbons (Fsp3) is 0. The molecule has 0 unspecified atom stereocenters. The number of benzene rings is 1. The zero-order valence-corrected chi connectivity index (χ0v) is 8.38. The summed E-state index contributed by atoms with van der Waals surface area (Å²) in [7, 11) is 0. The number of nitrogens with two attached hydrogens (primary N) is 1. The monoisotopic (exact) mass is 221 g/mol. The summed E-state index contributed by atoms with van der Waals surface area (Å²) in [6.07, 6.45) is 0. The predicted octanol–water partition coefficient (Wildman–Crippen LogP) is 0.684. The second kappa shape index (κ2) is 5.02. The van der Waals surface area contributed by atoms with Crippen LogP contribution in [-0.2, 0) is 9.59 Å². The zero-order chi connectivity index (χ0) is 11.3. The summed E-state index contributed by atoms with van der Waals surface area (Å²) in [6, 6.07) is 6.48. The average molecular weight is 221 g/mol. The fourth-order valence-electron chi connectivity index (χ4n) is 0.852. The van der Waals surface area contributed by atoms with Gasteiger partial charge in [0.05, 0.1) is 0 Å². The number of nitriles is 1. The lowest BCUT2D eigenvalue weighted by atomic mass is 10.3. The molecule has 0 aliphatic carbocycles. The topological polar surface area (TPSA) is 96.0 Å². The van der Waals surface area contributed by atoms with Gasteiger partial charge in [-0.2, -0.15) is 5.26 Å². The van der Waals surface area contributed by atoms with E-state index in [1.54, 1.807) is 24.3 Å². The van der Waals surface area contributed by atoms with Crippen molar-refractivity contribution in [1.29, 1.82) is 5.26 Å². The first kappa shape index (κ1) is 11.1. The number of nitrogens with zero attached hydrogens (tertiary/aromatic N) is 1. The Labute approximate surface area is 90.3 Å². The van der Waals surface area contributed by atoms with Crippen LogP contribution in [0.5, 0.6) is 0 Å². The van der Waals surface area contributed by atoms with Crippen molar-refractivity contribution in [3.63, 3.8) is 0 Å². The smallest absolute Gasteiger partial charge is 0.313 e. The van der Waals surface area contributed by atoms with Gasteiger partial charge in [0.15, 0.2) is 0 Å². The number of carbonyl (C=O) groups excluding carboxylic acids is 2. The number of carbonyl (C=O) groups is 2. The van der Waals surface area contributed by atoms with Gasteiger partial charge in [0.25, 0.3) is 0 Å². The lowest BCUT2D eigenvalue weighted by molar-refractivity contribution is -0.134. The predicted molar refractivity (Wildman–Crippen MR) is 55.7 cm³/mol. The van der Waals surface area contributed by atoms with Crippen molar-refractivity contribution >= 4 is 29.3 Å². The molecule has 0 atom stereocenters. The van der Waals surface area contributed by atoms with Gasteiger partial charge in [-0.3, -0.25) is 9.59 Å². The van der Waals surface area contributed by atoms with Crippen LogP contribution in [0.15, 0.2) is 29.2 Å². The average Bonchev–Trinajstić information content (AvgIpc) is 2.21. The summed E-state index contributed by atoms with van der Waals surface area (Å²) < 4.78 is 0. The first-order chi connectivity index (χ1) is 7.13. The number of rotatable bonds is 2. The van der Waals surface area contributed by atoms with Gasteiger partial charge in [-0.1, -0.05) is 0 Å². The highest BCUT2D eigenvalue weighted by atomic mass is 32.2. The van der Waals surface area contributed by atoms with Crippen LogP contribution in [0.4, 0.5) is 5.69 Å². The van der Waals surface area contributed by atoms with Crippen LogP contribution >= 0.6 is 11.8 Å². The van der Waals surface area contributed by atoms with Crippen LogP contribution in [0.1, 0.15) is 0 Å². The highest BCUT2D eigenvalue weighted by Gasteiger charge is 2.07. The molecule has 0 aliphatic heterocycles. The lowest BCUT2D eigenvalue weighted by Crippen LogP contribution is -2.29. The first-order valence-corrected chi connectivity index (χ1v) is 4.72. The van der Waals surface area contributed by atoms with Gasteiger partial charge in [-0.15, -0.1) is 0 Å². The Balaban J connectivity index is 2.69. The standard InChI is InChI=1S/C9H7N3O2S/c10-5-15-7-3-1-6(2-4-7)12-9(14)8(11)13/h1-4H,(H2,11,13)(H,12,14). The summed E-state index contributed by atoms with van der Waals surface area (Å²) in [5, 5.41) is 12.6. The van der Waals surface area contributed by atoms with Crippen LogP contribution in [0.2, 0.25) is 0 Å². The molecule has 0 radical (unpaired) electrons. The summed E-state index contributed by atoms with van der Waals surface area (Å²) >= 11 is 1.01. The fourth-order valence-corrected chi connectivity index (χ4v) is 1.23. The lowest BCUT2D eigenvalue weighted by Gasteiger charge is -2.02. The van der Waals surface area contributed by atoms with Crippen LogP contribution in [0.3, 0.4) is 0 Å². The van der Waals surface area contributed by atoms with Gasteiger partial charge in [-0.25, -0.2) is 0 Å². The molecular formula is C9H7N3O2S. The Morgan fingerprint density at radius 1 is 1.33 bits per heavy atom. The molecule has 1 rings (SSSR count). The summed E-state index contributed by atoms with van der Waals surface area (Å²) in [6.45, 7) is 0. The third kappa shape index (κ3) is 3.32. The van der Waals surface area contributed by atoms with Crippen molar-refractivity contribution in [2.45, 2.75) is 4.90 Å².